The molecule has 2 aromatic carbocycles. The number of rotatable bonds is 1. The van der Waals surface area contributed by atoms with E-state index in [4.69, 9.17) is 43.1 Å². The summed E-state index contributed by atoms with van der Waals surface area (Å²) in [5.41, 5.74) is 6.56. The number of nitrogens with one attached hydrogen (secondary N) is 2. The van der Waals surface area contributed by atoms with Crippen molar-refractivity contribution in [1.82, 2.24) is 0 Å². The first kappa shape index (κ1) is 24.4. The Balaban J connectivity index is 0.000000155. The minimum absolute atomic E-state index is 0.00116. The molecule has 176 valence electrons. The Morgan fingerprint density at radius 3 is 1.91 bits per heavy atom. The third kappa shape index (κ3) is 6.60. The maximum Gasteiger partial charge on any atom is 0.314 e. The number of amides is 2. The Kier molecular flexibility index (Phi) is 8.15. The Morgan fingerprint density at radius 2 is 1.39 bits per heavy atom. The standard InChI is InChI=1S/C8H5ClN2O4.C8H7ClN2O2.C4H8O/c9-4-1-5-8(6(2-4)11(13)14)15-3-7(12)10-5;9-4-1-5(10)8-6(2-4)11-7(12)3-13-8;1-2-4-5-3-1/h1-2H,3H2,(H,10,12);1-2H,3,10H2,(H,11,12);1-4H2. The molecule has 2 aromatic rings. The van der Waals surface area contributed by atoms with Gasteiger partial charge in [0.15, 0.2) is 19.0 Å². The number of halogens is 2. The van der Waals surface area contributed by atoms with Gasteiger partial charge in [-0.15, -0.1) is 0 Å². The highest BCUT2D eigenvalue weighted by Gasteiger charge is 2.26. The van der Waals surface area contributed by atoms with E-state index >= 15 is 0 Å². The van der Waals surface area contributed by atoms with Crippen LogP contribution in [0.1, 0.15) is 12.8 Å². The number of nitro benzene ring substituents is 1. The Morgan fingerprint density at radius 1 is 0.879 bits per heavy atom. The number of nitrogens with zero attached hydrogens (tertiary/aromatic N) is 1. The van der Waals surface area contributed by atoms with Crippen LogP contribution in [0.2, 0.25) is 10.0 Å². The molecule has 0 saturated carbocycles. The van der Waals surface area contributed by atoms with E-state index in [0.29, 0.717) is 22.1 Å². The molecule has 0 bridgehead atoms. The molecule has 3 aliphatic rings. The highest BCUT2D eigenvalue weighted by molar-refractivity contribution is 6.31. The van der Waals surface area contributed by atoms with Gasteiger partial charge in [-0.05, 0) is 31.0 Å². The largest absolute Gasteiger partial charge is 0.479 e. The lowest BCUT2D eigenvalue weighted by Crippen LogP contribution is -2.25. The predicted octanol–water partition coefficient (Wildman–Crippen LogP) is 3.63. The van der Waals surface area contributed by atoms with Crippen LogP contribution in [0.15, 0.2) is 24.3 Å². The SMILES string of the molecule is C1CCOC1.Nc1cc(Cl)cc2c1OCC(=O)N2.O=C1COc2c(cc(Cl)cc2[N+](=O)[O-])N1. The summed E-state index contributed by atoms with van der Waals surface area (Å²) in [6.07, 6.45) is 2.56. The summed E-state index contributed by atoms with van der Waals surface area (Å²) in [6, 6.07) is 5.76. The average molecular weight is 499 g/mol. The Labute approximate surface area is 198 Å². The van der Waals surface area contributed by atoms with E-state index in [1.807, 2.05) is 0 Å². The second kappa shape index (κ2) is 11.0. The third-order valence-electron chi connectivity index (χ3n) is 4.38. The van der Waals surface area contributed by atoms with E-state index in [-0.39, 0.29) is 47.2 Å². The van der Waals surface area contributed by atoms with Gasteiger partial charge in [-0.3, -0.25) is 19.7 Å². The van der Waals surface area contributed by atoms with Crippen molar-refractivity contribution in [2.75, 3.05) is 42.8 Å². The smallest absolute Gasteiger partial charge is 0.314 e. The second-order valence-corrected chi connectivity index (χ2v) is 7.80. The van der Waals surface area contributed by atoms with Crippen LogP contribution in [0.5, 0.6) is 11.5 Å². The van der Waals surface area contributed by atoms with Crippen LogP contribution < -0.4 is 25.8 Å². The zero-order chi connectivity index (χ0) is 24.0. The third-order valence-corrected chi connectivity index (χ3v) is 4.82. The lowest BCUT2D eigenvalue weighted by molar-refractivity contribution is -0.385. The summed E-state index contributed by atoms with van der Waals surface area (Å²) >= 11 is 11.4. The summed E-state index contributed by atoms with van der Waals surface area (Å²) in [6.45, 7) is 1.77. The van der Waals surface area contributed by atoms with Crippen LogP contribution in [0.3, 0.4) is 0 Å². The van der Waals surface area contributed by atoms with Gasteiger partial charge in [-0.1, -0.05) is 23.2 Å². The van der Waals surface area contributed by atoms with Gasteiger partial charge < -0.3 is 30.6 Å². The van der Waals surface area contributed by atoms with Crippen LogP contribution in [0.4, 0.5) is 22.7 Å². The average Bonchev–Trinajstić information content (AvgIpc) is 3.33. The number of nitrogens with two attached hydrogens (primary N) is 1. The highest BCUT2D eigenvalue weighted by atomic mass is 35.5. The van der Waals surface area contributed by atoms with Crippen molar-refractivity contribution >= 4 is 57.8 Å². The summed E-state index contributed by atoms with van der Waals surface area (Å²) in [5.74, 6) is -0.0266. The van der Waals surface area contributed by atoms with Crippen LogP contribution in [-0.4, -0.2) is 43.2 Å². The maximum atomic E-state index is 11.0. The van der Waals surface area contributed by atoms with Gasteiger partial charge in [0.1, 0.15) is 0 Å². The van der Waals surface area contributed by atoms with E-state index in [1.54, 1.807) is 12.1 Å². The summed E-state index contributed by atoms with van der Waals surface area (Å²) in [7, 11) is 0. The molecule has 2 amide bonds. The van der Waals surface area contributed by atoms with Crippen molar-refractivity contribution in [3.8, 4) is 11.5 Å². The van der Waals surface area contributed by atoms with E-state index in [2.05, 4.69) is 10.6 Å². The van der Waals surface area contributed by atoms with Gasteiger partial charge in [0.05, 0.1) is 22.0 Å². The lowest BCUT2D eigenvalue weighted by Gasteiger charge is -2.19. The Hall–Kier alpha value is -3.28. The van der Waals surface area contributed by atoms with Gasteiger partial charge in [-0.2, -0.15) is 0 Å². The number of benzene rings is 2. The molecule has 0 radical (unpaired) electrons. The molecule has 1 saturated heterocycles. The minimum Gasteiger partial charge on any atom is -0.479 e. The molecule has 0 atom stereocenters. The van der Waals surface area contributed by atoms with Crippen molar-refractivity contribution < 1.29 is 28.7 Å². The van der Waals surface area contributed by atoms with Crippen LogP contribution in [-0.2, 0) is 14.3 Å². The Bertz CT molecular complexity index is 1070. The fourth-order valence-corrected chi connectivity index (χ4v) is 3.43. The molecule has 0 spiro atoms. The molecule has 5 rings (SSSR count). The lowest BCUT2D eigenvalue weighted by atomic mass is 10.2. The number of anilines is 3. The molecule has 3 heterocycles. The van der Waals surface area contributed by atoms with Crippen molar-refractivity contribution in [2.24, 2.45) is 0 Å². The molecule has 0 unspecified atom stereocenters. The van der Waals surface area contributed by atoms with Gasteiger partial charge in [0.2, 0.25) is 5.75 Å². The zero-order valence-corrected chi connectivity index (χ0v) is 18.7. The van der Waals surface area contributed by atoms with Gasteiger partial charge >= 0.3 is 5.69 Å². The predicted molar refractivity (Wildman–Crippen MR) is 122 cm³/mol. The van der Waals surface area contributed by atoms with Gasteiger partial charge in [0.25, 0.3) is 11.8 Å². The number of hydrogen-bond acceptors (Lipinski definition) is 8. The van der Waals surface area contributed by atoms with E-state index in [9.17, 15) is 19.7 Å². The minimum atomic E-state index is -0.609. The van der Waals surface area contributed by atoms with E-state index < -0.39 is 4.92 Å². The number of hydrogen-bond donors (Lipinski definition) is 3. The monoisotopic (exact) mass is 498 g/mol. The molecule has 3 aliphatic heterocycles. The maximum absolute atomic E-state index is 11.0. The molecule has 4 N–H and O–H groups in total. The quantitative estimate of drug-likeness (QED) is 0.305. The fraction of sp³-hybridized carbons (Fsp3) is 0.300. The number of carbonyl (C=O) groups excluding carboxylic acids is 2. The molecule has 0 aromatic heterocycles. The number of ether oxygens (including phenoxy) is 3. The molecule has 33 heavy (non-hydrogen) atoms. The number of nitrogen functional groups attached to an aromatic ring is 1. The molecular weight excluding hydrogens is 479 g/mol. The van der Waals surface area contributed by atoms with E-state index in [1.165, 1.54) is 25.0 Å². The van der Waals surface area contributed by atoms with Crippen molar-refractivity contribution in [2.45, 2.75) is 12.8 Å². The first-order valence-corrected chi connectivity index (χ1v) is 10.5. The number of carbonyl (C=O) groups is 2. The molecule has 13 heteroatoms. The summed E-state index contributed by atoms with van der Waals surface area (Å²) in [5, 5.41) is 16.4. The van der Waals surface area contributed by atoms with Crippen molar-refractivity contribution in [1.29, 1.82) is 0 Å². The molecule has 11 nitrogen and oxygen atoms in total. The van der Waals surface area contributed by atoms with Gasteiger partial charge in [-0.25, -0.2) is 0 Å². The first-order chi connectivity index (χ1) is 15.7. The molecule has 0 aliphatic carbocycles. The zero-order valence-electron chi connectivity index (χ0n) is 17.2. The summed E-state index contributed by atoms with van der Waals surface area (Å²) < 4.78 is 15.0. The topological polar surface area (TPSA) is 155 Å². The first-order valence-electron chi connectivity index (χ1n) is 9.74. The van der Waals surface area contributed by atoms with Crippen LogP contribution in [0, 0.1) is 10.1 Å². The van der Waals surface area contributed by atoms with Crippen molar-refractivity contribution in [3.63, 3.8) is 0 Å². The van der Waals surface area contributed by atoms with Crippen LogP contribution >= 0.6 is 23.2 Å². The molecular formula is C20H20Cl2N4O7. The summed E-state index contributed by atoms with van der Waals surface area (Å²) in [4.78, 5) is 31.9. The number of fused-ring (bicyclic) bond motifs is 2. The van der Waals surface area contributed by atoms with E-state index in [0.717, 1.165) is 13.2 Å². The highest BCUT2D eigenvalue weighted by Crippen LogP contribution is 2.39. The molecule has 1 fully saturated rings. The number of nitro groups is 1. The van der Waals surface area contributed by atoms with Crippen molar-refractivity contribution in [3.05, 3.63) is 44.4 Å². The second-order valence-electron chi connectivity index (χ2n) is 6.92. The normalized spacial score (nSPS) is 15.6. The van der Waals surface area contributed by atoms with Crippen LogP contribution in [0.25, 0.3) is 0 Å². The fourth-order valence-electron chi connectivity index (χ4n) is 2.99. The van der Waals surface area contributed by atoms with Gasteiger partial charge in [0, 0.05) is 29.3 Å².